The first-order chi connectivity index (χ1) is 13.9. The first kappa shape index (κ1) is 21.6. The molecular formula is C20H26F3N5S. The number of aliphatic imine (C=N–C) groups is 1. The number of nitrogens with one attached hydrogen (secondary N) is 2. The molecule has 2 N–H and O–H groups in total. The zero-order valence-electron chi connectivity index (χ0n) is 16.4. The van der Waals surface area contributed by atoms with Crippen molar-refractivity contribution in [3.63, 3.8) is 0 Å². The molecule has 0 atom stereocenters. The molecule has 0 saturated carbocycles. The Bertz CT molecular complexity index is 783. The molecule has 5 nitrogen and oxygen atoms in total. The van der Waals surface area contributed by atoms with Crippen LogP contribution in [0, 0.1) is 0 Å². The lowest BCUT2D eigenvalue weighted by atomic mass is 10.0. The van der Waals surface area contributed by atoms with E-state index in [0.717, 1.165) is 49.2 Å². The zero-order chi connectivity index (χ0) is 20.7. The summed E-state index contributed by atoms with van der Waals surface area (Å²) in [6.07, 6.45) is -2.42. The van der Waals surface area contributed by atoms with Gasteiger partial charge in [-0.2, -0.15) is 13.2 Å². The van der Waals surface area contributed by atoms with E-state index in [-0.39, 0.29) is 6.54 Å². The van der Waals surface area contributed by atoms with Gasteiger partial charge in [-0.15, -0.1) is 11.3 Å². The van der Waals surface area contributed by atoms with Crippen molar-refractivity contribution in [3.8, 4) is 0 Å². The van der Waals surface area contributed by atoms with Crippen molar-refractivity contribution in [2.45, 2.75) is 45.1 Å². The van der Waals surface area contributed by atoms with E-state index in [1.54, 1.807) is 0 Å². The van der Waals surface area contributed by atoms with Gasteiger partial charge in [0.1, 0.15) is 5.01 Å². The summed E-state index contributed by atoms with van der Waals surface area (Å²) in [6, 6.07) is 10.7. The lowest BCUT2D eigenvalue weighted by molar-refractivity contribution is -0.140. The number of aromatic nitrogens is 1. The van der Waals surface area contributed by atoms with Gasteiger partial charge in [0.15, 0.2) is 11.7 Å². The van der Waals surface area contributed by atoms with Gasteiger partial charge in [-0.05, 0) is 25.3 Å². The lowest BCUT2D eigenvalue weighted by Crippen LogP contribution is -2.48. The fourth-order valence-corrected chi connectivity index (χ4v) is 3.97. The Hall–Kier alpha value is -2.13. The van der Waals surface area contributed by atoms with Crippen LogP contribution in [-0.2, 0) is 19.3 Å². The van der Waals surface area contributed by atoms with Crippen molar-refractivity contribution in [1.29, 1.82) is 0 Å². The molecular weight excluding hydrogens is 399 g/mol. The van der Waals surface area contributed by atoms with Gasteiger partial charge in [-0.25, -0.2) is 9.98 Å². The van der Waals surface area contributed by atoms with Gasteiger partial charge in [0.2, 0.25) is 0 Å². The van der Waals surface area contributed by atoms with Crippen molar-refractivity contribution >= 4 is 17.3 Å². The third-order valence-electron chi connectivity index (χ3n) is 4.74. The predicted molar refractivity (Wildman–Crippen MR) is 110 cm³/mol. The minimum absolute atomic E-state index is 0.128. The number of nitrogens with zero attached hydrogens (tertiary/aromatic N) is 3. The number of halogens is 3. The Kier molecular flexibility index (Phi) is 7.49. The second-order valence-electron chi connectivity index (χ2n) is 7.00. The molecule has 1 aromatic carbocycles. The minimum atomic E-state index is -4.41. The van der Waals surface area contributed by atoms with Crippen LogP contribution in [0.5, 0.6) is 0 Å². The number of guanidine groups is 1. The standard InChI is InChI=1S/C20H26F3N5S/c1-2-24-19(25-12-18-27-17(14-29-18)20(21,22)23)26-16-8-10-28(11-9-16)13-15-6-4-3-5-7-15/h3-7,14,16H,2,8-13H2,1H3,(H2,24,25,26). The molecule has 0 spiro atoms. The van der Waals surface area contributed by atoms with Crippen LogP contribution in [0.1, 0.15) is 36.0 Å². The maximum absolute atomic E-state index is 12.7. The molecule has 0 radical (unpaired) electrons. The molecule has 1 aliphatic rings. The Labute approximate surface area is 173 Å². The summed E-state index contributed by atoms with van der Waals surface area (Å²) in [5.74, 6) is 0.623. The van der Waals surface area contributed by atoms with Gasteiger partial charge < -0.3 is 10.6 Å². The maximum atomic E-state index is 12.7. The Morgan fingerprint density at radius 1 is 1.24 bits per heavy atom. The van der Waals surface area contributed by atoms with Crippen LogP contribution in [0.15, 0.2) is 40.7 Å². The van der Waals surface area contributed by atoms with E-state index in [4.69, 9.17) is 0 Å². The molecule has 0 amide bonds. The highest BCUT2D eigenvalue weighted by atomic mass is 32.1. The molecule has 1 aromatic heterocycles. The summed E-state index contributed by atoms with van der Waals surface area (Å²) in [7, 11) is 0. The normalized spacial score (nSPS) is 16.8. The summed E-state index contributed by atoms with van der Waals surface area (Å²) in [5, 5.41) is 7.97. The van der Waals surface area contributed by atoms with Crippen LogP contribution in [0.3, 0.4) is 0 Å². The van der Waals surface area contributed by atoms with Crippen LogP contribution in [0.25, 0.3) is 0 Å². The monoisotopic (exact) mass is 425 g/mol. The average molecular weight is 426 g/mol. The number of likely N-dealkylation sites (tertiary alicyclic amines) is 1. The molecule has 1 fully saturated rings. The highest BCUT2D eigenvalue weighted by molar-refractivity contribution is 7.09. The SMILES string of the molecule is CCNC(=NCc1nc(C(F)(F)F)cs1)NC1CCN(Cc2ccccc2)CC1. The minimum Gasteiger partial charge on any atom is -0.357 e. The molecule has 0 bridgehead atoms. The summed E-state index contributed by atoms with van der Waals surface area (Å²) in [5.41, 5.74) is 0.465. The molecule has 0 aliphatic carbocycles. The molecule has 0 unspecified atom stereocenters. The summed E-state index contributed by atoms with van der Waals surface area (Å²) in [4.78, 5) is 10.5. The fourth-order valence-electron chi connectivity index (χ4n) is 3.25. The molecule has 1 saturated heterocycles. The van der Waals surface area contributed by atoms with E-state index in [1.165, 1.54) is 5.56 Å². The van der Waals surface area contributed by atoms with E-state index in [2.05, 4.69) is 49.8 Å². The van der Waals surface area contributed by atoms with Crippen molar-refractivity contribution in [1.82, 2.24) is 20.5 Å². The molecule has 2 aromatic rings. The van der Waals surface area contributed by atoms with E-state index in [0.29, 0.717) is 23.6 Å². The summed E-state index contributed by atoms with van der Waals surface area (Å²) < 4.78 is 38.0. The van der Waals surface area contributed by atoms with Crippen molar-refractivity contribution in [2.24, 2.45) is 4.99 Å². The second kappa shape index (κ2) is 10.1. The van der Waals surface area contributed by atoms with Crippen LogP contribution in [0.4, 0.5) is 13.2 Å². The van der Waals surface area contributed by atoms with Crippen LogP contribution in [-0.4, -0.2) is 41.5 Å². The Morgan fingerprint density at radius 2 is 1.97 bits per heavy atom. The van der Waals surface area contributed by atoms with Gasteiger partial charge in [0.25, 0.3) is 0 Å². The van der Waals surface area contributed by atoms with E-state index in [9.17, 15) is 13.2 Å². The number of hydrogen-bond donors (Lipinski definition) is 2. The van der Waals surface area contributed by atoms with E-state index >= 15 is 0 Å². The number of alkyl halides is 3. The third-order valence-corrected chi connectivity index (χ3v) is 5.57. The molecule has 158 valence electrons. The lowest BCUT2D eigenvalue weighted by Gasteiger charge is -2.33. The fraction of sp³-hybridized carbons (Fsp3) is 0.500. The molecule has 2 heterocycles. The highest BCUT2D eigenvalue weighted by Gasteiger charge is 2.33. The molecule has 1 aliphatic heterocycles. The van der Waals surface area contributed by atoms with E-state index < -0.39 is 11.9 Å². The predicted octanol–water partition coefficient (Wildman–Crippen LogP) is 3.88. The number of benzene rings is 1. The van der Waals surface area contributed by atoms with Crippen LogP contribution >= 0.6 is 11.3 Å². The number of hydrogen-bond acceptors (Lipinski definition) is 4. The topological polar surface area (TPSA) is 52.6 Å². The number of rotatable bonds is 6. The quantitative estimate of drug-likeness (QED) is 0.545. The van der Waals surface area contributed by atoms with Gasteiger partial charge >= 0.3 is 6.18 Å². The Morgan fingerprint density at radius 3 is 2.59 bits per heavy atom. The van der Waals surface area contributed by atoms with Gasteiger partial charge in [-0.1, -0.05) is 30.3 Å². The molecule has 9 heteroatoms. The van der Waals surface area contributed by atoms with E-state index in [1.807, 2.05) is 13.0 Å². The smallest absolute Gasteiger partial charge is 0.357 e. The highest BCUT2D eigenvalue weighted by Crippen LogP contribution is 2.30. The number of thiazole rings is 1. The van der Waals surface area contributed by atoms with Crippen molar-refractivity contribution in [2.75, 3.05) is 19.6 Å². The average Bonchev–Trinajstić information content (AvgIpc) is 3.18. The Balaban J connectivity index is 1.50. The first-order valence-corrected chi connectivity index (χ1v) is 10.6. The first-order valence-electron chi connectivity index (χ1n) is 9.76. The van der Waals surface area contributed by atoms with Gasteiger partial charge in [-0.3, -0.25) is 4.90 Å². The van der Waals surface area contributed by atoms with Crippen molar-refractivity contribution < 1.29 is 13.2 Å². The maximum Gasteiger partial charge on any atom is 0.434 e. The zero-order valence-corrected chi connectivity index (χ0v) is 17.2. The van der Waals surface area contributed by atoms with Crippen molar-refractivity contribution in [3.05, 3.63) is 52.0 Å². The van der Waals surface area contributed by atoms with Crippen LogP contribution < -0.4 is 10.6 Å². The third kappa shape index (κ3) is 6.71. The summed E-state index contributed by atoms with van der Waals surface area (Å²) in [6.45, 7) is 5.71. The van der Waals surface area contributed by atoms with Gasteiger partial charge in [0.05, 0.1) is 6.54 Å². The van der Waals surface area contributed by atoms with Gasteiger partial charge in [0, 0.05) is 37.6 Å². The second-order valence-corrected chi connectivity index (χ2v) is 7.94. The largest absolute Gasteiger partial charge is 0.434 e. The summed E-state index contributed by atoms with van der Waals surface area (Å²) >= 11 is 0.983. The molecule has 29 heavy (non-hydrogen) atoms. The number of piperidine rings is 1. The molecule has 3 rings (SSSR count). The van der Waals surface area contributed by atoms with Crippen LogP contribution in [0.2, 0.25) is 0 Å².